The van der Waals surface area contributed by atoms with E-state index in [1.165, 1.54) is 5.56 Å². The first kappa shape index (κ1) is 14.5. The van der Waals surface area contributed by atoms with Gasteiger partial charge in [-0.25, -0.2) is 5.48 Å². The molecule has 6 heteroatoms. The van der Waals surface area contributed by atoms with Crippen LogP contribution >= 0.6 is 0 Å². The van der Waals surface area contributed by atoms with Crippen molar-refractivity contribution in [2.45, 2.75) is 25.3 Å². The summed E-state index contributed by atoms with van der Waals surface area (Å²) in [4.78, 5) is 23.0. The molecule has 1 atom stereocenters. The van der Waals surface area contributed by atoms with Crippen LogP contribution in [0.25, 0.3) is 0 Å². The second kappa shape index (κ2) is 6.49. The molecule has 0 saturated heterocycles. The van der Waals surface area contributed by atoms with Crippen molar-refractivity contribution in [3.8, 4) is 0 Å². The summed E-state index contributed by atoms with van der Waals surface area (Å²) in [6.07, 6.45) is 2.48. The van der Waals surface area contributed by atoms with Gasteiger partial charge in [0, 0.05) is 11.6 Å². The van der Waals surface area contributed by atoms with Gasteiger partial charge in [-0.3, -0.25) is 14.8 Å². The highest BCUT2D eigenvalue weighted by atomic mass is 16.5. The summed E-state index contributed by atoms with van der Waals surface area (Å²) in [5.74, 6) is -0.542. The number of hydroxylamine groups is 1. The second-order valence-corrected chi connectivity index (χ2v) is 4.96. The smallest absolute Gasteiger partial charge is 0.274 e. The van der Waals surface area contributed by atoms with E-state index < -0.39 is 5.91 Å². The van der Waals surface area contributed by atoms with E-state index in [0.29, 0.717) is 18.5 Å². The number of carbonyl (C=O) groups excluding carboxylic acids is 2. The summed E-state index contributed by atoms with van der Waals surface area (Å²) in [6, 6.07) is 5.48. The lowest BCUT2D eigenvalue weighted by Crippen LogP contribution is -2.42. The van der Waals surface area contributed by atoms with Crippen LogP contribution in [0, 0.1) is 0 Å². The highest BCUT2D eigenvalue weighted by Crippen LogP contribution is 2.22. The highest BCUT2D eigenvalue weighted by Gasteiger charge is 2.21. The quantitative estimate of drug-likeness (QED) is 0.460. The lowest BCUT2D eigenvalue weighted by molar-refractivity contribution is -0.120. The molecule has 6 nitrogen and oxygen atoms in total. The van der Waals surface area contributed by atoms with Crippen molar-refractivity contribution in [1.29, 1.82) is 0 Å². The molecule has 1 aliphatic rings. The maximum atomic E-state index is 11.6. The SMILES string of the molecule is CNCC(=O)NC1CCc2ccc(C(=O)NO)cc2C1. The Balaban J connectivity index is 2.08. The fraction of sp³-hybridized carbons (Fsp3) is 0.429. The Morgan fingerprint density at radius 1 is 1.35 bits per heavy atom. The van der Waals surface area contributed by atoms with Gasteiger partial charge in [-0.1, -0.05) is 6.07 Å². The molecule has 2 rings (SSSR count). The molecule has 1 aromatic carbocycles. The van der Waals surface area contributed by atoms with Crippen LogP contribution in [0.15, 0.2) is 18.2 Å². The van der Waals surface area contributed by atoms with Gasteiger partial charge in [0.2, 0.25) is 5.91 Å². The van der Waals surface area contributed by atoms with E-state index in [1.54, 1.807) is 24.7 Å². The lowest BCUT2D eigenvalue weighted by atomic mass is 9.87. The molecule has 0 heterocycles. The summed E-state index contributed by atoms with van der Waals surface area (Å²) in [7, 11) is 1.73. The Labute approximate surface area is 117 Å². The van der Waals surface area contributed by atoms with Crippen LogP contribution in [0.2, 0.25) is 0 Å². The van der Waals surface area contributed by atoms with Gasteiger partial charge >= 0.3 is 0 Å². The average molecular weight is 277 g/mol. The molecule has 0 bridgehead atoms. The van der Waals surface area contributed by atoms with Crippen molar-refractivity contribution in [2.24, 2.45) is 0 Å². The molecule has 20 heavy (non-hydrogen) atoms. The molecule has 0 spiro atoms. The number of carbonyl (C=O) groups is 2. The second-order valence-electron chi connectivity index (χ2n) is 4.96. The minimum Gasteiger partial charge on any atom is -0.352 e. The molecule has 2 amide bonds. The van der Waals surface area contributed by atoms with Crippen LogP contribution in [-0.4, -0.2) is 36.7 Å². The Morgan fingerprint density at radius 2 is 2.15 bits per heavy atom. The number of rotatable bonds is 4. The first-order valence-corrected chi connectivity index (χ1v) is 6.64. The predicted octanol–water partition coefficient (Wildman–Crippen LogP) is -0.00150. The molecule has 4 N–H and O–H groups in total. The van der Waals surface area contributed by atoms with Crippen LogP contribution < -0.4 is 16.1 Å². The van der Waals surface area contributed by atoms with Gasteiger partial charge < -0.3 is 10.6 Å². The van der Waals surface area contributed by atoms with Gasteiger partial charge in [0.15, 0.2) is 0 Å². The maximum absolute atomic E-state index is 11.6. The first-order valence-electron chi connectivity index (χ1n) is 6.64. The minimum absolute atomic E-state index is 0.0230. The average Bonchev–Trinajstić information content (AvgIpc) is 2.45. The van der Waals surface area contributed by atoms with Crippen LogP contribution in [-0.2, 0) is 17.6 Å². The Hall–Kier alpha value is -1.92. The zero-order chi connectivity index (χ0) is 14.5. The number of fused-ring (bicyclic) bond motifs is 1. The fourth-order valence-electron chi connectivity index (χ4n) is 2.53. The van der Waals surface area contributed by atoms with E-state index >= 15 is 0 Å². The van der Waals surface area contributed by atoms with Gasteiger partial charge in [-0.05, 0) is 49.6 Å². The normalized spacial score (nSPS) is 17.2. The zero-order valence-corrected chi connectivity index (χ0v) is 11.4. The van der Waals surface area contributed by atoms with Crippen molar-refractivity contribution < 1.29 is 14.8 Å². The first-order chi connectivity index (χ1) is 9.63. The molecule has 0 aliphatic heterocycles. The summed E-state index contributed by atoms with van der Waals surface area (Å²) in [5, 5.41) is 14.4. The number of likely N-dealkylation sites (N-methyl/N-ethyl adjacent to an activating group) is 1. The van der Waals surface area contributed by atoms with Gasteiger partial charge in [0.05, 0.1) is 6.54 Å². The summed E-state index contributed by atoms with van der Waals surface area (Å²) >= 11 is 0. The monoisotopic (exact) mass is 277 g/mol. The van der Waals surface area contributed by atoms with E-state index in [-0.39, 0.29) is 11.9 Å². The zero-order valence-electron chi connectivity index (χ0n) is 11.4. The molecule has 0 saturated carbocycles. The third-order valence-corrected chi connectivity index (χ3v) is 3.50. The molecule has 1 unspecified atom stereocenters. The van der Waals surface area contributed by atoms with Crippen molar-refractivity contribution in [3.63, 3.8) is 0 Å². The van der Waals surface area contributed by atoms with Crippen molar-refractivity contribution in [1.82, 2.24) is 16.1 Å². The Kier molecular flexibility index (Phi) is 4.70. The van der Waals surface area contributed by atoms with Crippen molar-refractivity contribution >= 4 is 11.8 Å². The molecule has 108 valence electrons. The van der Waals surface area contributed by atoms with Crippen molar-refractivity contribution in [2.75, 3.05) is 13.6 Å². The lowest BCUT2D eigenvalue weighted by Gasteiger charge is -2.26. The van der Waals surface area contributed by atoms with E-state index in [0.717, 1.165) is 18.4 Å². The third kappa shape index (κ3) is 3.34. The Bertz CT molecular complexity index is 516. The molecular weight excluding hydrogens is 258 g/mol. The number of hydrogen-bond acceptors (Lipinski definition) is 4. The van der Waals surface area contributed by atoms with Crippen molar-refractivity contribution in [3.05, 3.63) is 34.9 Å². The number of hydrogen-bond donors (Lipinski definition) is 4. The molecule has 0 radical (unpaired) electrons. The van der Waals surface area contributed by atoms with E-state index in [4.69, 9.17) is 5.21 Å². The van der Waals surface area contributed by atoms with E-state index in [9.17, 15) is 9.59 Å². The predicted molar refractivity (Wildman–Crippen MR) is 73.6 cm³/mol. The summed E-state index contributed by atoms with van der Waals surface area (Å²) in [5.41, 5.74) is 4.30. The number of aryl methyl sites for hydroxylation is 1. The van der Waals surface area contributed by atoms with Crippen LogP contribution in [0.4, 0.5) is 0 Å². The van der Waals surface area contributed by atoms with Gasteiger partial charge in [-0.2, -0.15) is 0 Å². The summed E-state index contributed by atoms with van der Waals surface area (Å²) < 4.78 is 0. The van der Waals surface area contributed by atoms with Crippen LogP contribution in [0.1, 0.15) is 27.9 Å². The topological polar surface area (TPSA) is 90.5 Å². The fourth-order valence-corrected chi connectivity index (χ4v) is 2.53. The highest BCUT2D eigenvalue weighted by molar-refractivity contribution is 5.93. The largest absolute Gasteiger partial charge is 0.352 e. The number of amides is 2. The minimum atomic E-state index is -0.519. The van der Waals surface area contributed by atoms with Gasteiger partial charge in [-0.15, -0.1) is 0 Å². The maximum Gasteiger partial charge on any atom is 0.274 e. The molecule has 0 aromatic heterocycles. The van der Waals surface area contributed by atoms with Gasteiger partial charge in [0.25, 0.3) is 5.91 Å². The molecule has 0 fully saturated rings. The van der Waals surface area contributed by atoms with Gasteiger partial charge in [0.1, 0.15) is 0 Å². The Morgan fingerprint density at radius 3 is 2.85 bits per heavy atom. The number of nitrogens with one attached hydrogen (secondary N) is 3. The summed E-state index contributed by atoms with van der Waals surface area (Å²) in [6.45, 7) is 0.302. The van der Waals surface area contributed by atoms with E-state index in [1.807, 2.05) is 6.07 Å². The third-order valence-electron chi connectivity index (χ3n) is 3.50. The van der Waals surface area contributed by atoms with Crippen LogP contribution in [0.3, 0.4) is 0 Å². The molecule has 1 aromatic rings. The van der Waals surface area contributed by atoms with E-state index in [2.05, 4.69) is 10.6 Å². The molecule has 1 aliphatic carbocycles. The van der Waals surface area contributed by atoms with Crippen LogP contribution in [0.5, 0.6) is 0 Å². The standard InChI is InChI=1S/C14H19N3O3/c1-15-8-13(18)16-12-5-4-9-2-3-10(14(19)17-20)6-11(9)7-12/h2-3,6,12,15,20H,4-5,7-8H2,1H3,(H,16,18)(H,17,19). The molecular formula is C14H19N3O3. The number of benzene rings is 1.